The molecule has 0 aliphatic heterocycles. The molecule has 4 aromatic rings. The molecule has 0 spiro atoms. The van der Waals surface area contributed by atoms with Gasteiger partial charge in [0, 0.05) is 7.93 Å². The van der Waals surface area contributed by atoms with Crippen LogP contribution < -0.4 is 5.30 Å². The number of hydrogen-bond donors (Lipinski definition) is 0. The first-order chi connectivity index (χ1) is 9.85. The van der Waals surface area contributed by atoms with Crippen LogP contribution in [0.5, 0.6) is 0 Å². The summed E-state index contributed by atoms with van der Waals surface area (Å²) in [6.07, 6.45) is 0. The van der Waals surface area contributed by atoms with E-state index in [-0.39, 0.29) is 0 Å². The Hall–Kier alpha value is -1.62. The number of benzene rings is 4. The summed E-state index contributed by atoms with van der Waals surface area (Å²) in [5, 5.41) is 8.91. The highest BCUT2D eigenvalue weighted by Gasteiger charge is 2.03. The third kappa shape index (κ3) is 1.88. The van der Waals surface area contributed by atoms with E-state index in [1.807, 2.05) is 0 Å². The molecule has 0 N–H and O–H groups in total. The van der Waals surface area contributed by atoms with Gasteiger partial charge < -0.3 is 0 Å². The van der Waals surface area contributed by atoms with Crippen molar-refractivity contribution in [3.8, 4) is 0 Å². The average Bonchev–Trinajstić information content (AvgIpc) is 2.52. The molecule has 96 valence electrons. The van der Waals surface area contributed by atoms with Crippen LogP contribution in [0.15, 0.2) is 66.7 Å². The van der Waals surface area contributed by atoms with Gasteiger partial charge in [0.05, 0.1) is 0 Å². The maximum absolute atomic E-state index is 6.00. The smallest absolute Gasteiger partial charge is 0.00662 e. The van der Waals surface area contributed by atoms with E-state index in [2.05, 4.69) is 66.7 Å². The molecule has 0 aliphatic rings. The molecule has 0 saturated heterocycles. The molecule has 4 rings (SSSR count). The zero-order chi connectivity index (χ0) is 13.5. The van der Waals surface area contributed by atoms with Crippen molar-refractivity contribution in [2.45, 2.75) is 0 Å². The molecule has 0 nitrogen and oxygen atoms in total. The van der Waals surface area contributed by atoms with Gasteiger partial charge >= 0.3 is 0 Å². The van der Waals surface area contributed by atoms with Gasteiger partial charge in [0.1, 0.15) is 0 Å². The summed E-state index contributed by atoms with van der Waals surface area (Å²) >= 11 is 6.00. The molecule has 0 radical (unpaired) electrons. The summed E-state index contributed by atoms with van der Waals surface area (Å²) < 4.78 is 0. The van der Waals surface area contributed by atoms with Gasteiger partial charge in [-0.25, -0.2) is 0 Å². The average molecular weight is 295 g/mol. The summed E-state index contributed by atoms with van der Waals surface area (Å²) in [4.78, 5) is 0. The third-order valence-corrected chi connectivity index (χ3v) is 5.00. The largest absolute Gasteiger partial charge is 0.0948 e. The van der Waals surface area contributed by atoms with Gasteiger partial charge in [-0.05, 0) is 55.8 Å². The van der Waals surface area contributed by atoms with Crippen molar-refractivity contribution in [2.75, 3.05) is 0 Å². The highest BCUT2D eigenvalue weighted by Crippen LogP contribution is 2.30. The molecule has 0 bridgehead atoms. The molecule has 4 aromatic carbocycles. The van der Waals surface area contributed by atoms with Crippen molar-refractivity contribution in [3.63, 3.8) is 0 Å². The summed E-state index contributed by atoms with van der Waals surface area (Å²) in [6, 6.07) is 23.9. The minimum absolute atomic E-state index is 0.318. The second kappa shape index (κ2) is 4.74. The Morgan fingerprint density at radius 1 is 0.600 bits per heavy atom. The highest BCUT2D eigenvalue weighted by atomic mass is 35.7. The predicted octanol–water partition coefficient (Wildman–Crippen LogP) is 5.60. The molecule has 0 heterocycles. The van der Waals surface area contributed by atoms with Gasteiger partial charge in [0.25, 0.3) is 0 Å². The number of hydrogen-bond acceptors (Lipinski definition) is 0. The first-order valence-electron chi connectivity index (χ1n) is 6.57. The van der Waals surface area contributed by atoms with Crippen molar-refractivity contribution in [1.29, 1.82) is 0 Å². The Balaban J connectivity index is 2.18. The molecule has 0 saturated carbocycles. The lowest BCUT2D eigenvalue weighted by Crippen LogP contribution is -1.91. The second-order valence-electron chi connectivity index (χ2n) is 5.02. The van der Waals surface area contributed by atoms with Crippen LogP contribution in [-0.2, 0) is 0 Å². The van der Waals surface area contributed by atoms with Crippen LogP contribution in [0.4, 0.5) is 0 Å². The monoisotopic (exact) mass is 294 g/mol. The molecule has 1 unspecified atom stereocenters. The van der Waals surface area contributed by atoms with E-state index in [0.717, 1.165) is 0 Å². The van der Waals surface area contributed by atoms with Gasteiger partial charge in [0.15, 0.2) is 0 Å². The van der Waals surface area contributed by atoms with E-state index in [1.54, 1.807) is 0 Å². The fourth-order valence-electron chi connectivity index (χ4n) is 2.80. The van der Waals surface area contributed by atoms with Crippen LogP contribution in [0.1, 0.15) is 0 Å². The van der Waals surface area contributed by atoms with Crippen LogP contribution in [0.3, 0.4) is 0 Å². The van der Waals surface area contributed by atoms with Gasteiger partial charge in [-0.3, -0.25) is 0 Å². The molecule has 20 heavy (non-hydrogen) atoms. The summed E-state index contributed by atoms with van der Waals surface area (Å²) in [5.41, 5.74) is 0. The Labute approximate surface area is 123 Å². The van der Waals surface area contributed by atoms with E-state index in [1.165, 1.54) is 37.6 Å². The Bertz CT molecular complexity index is 944. The van der Waals surface area contributed by atoms with Gasteiger partial charge in [0.2, 0.25) is 0 Å². The SMILES string of the molecule is ClPc1ccc2ccc3cc4ccccc4cc3c2c1. The molecule has 2 heteroatoms. The lowest BCUT2D eigenvalue weighted by molar-refractivity contribution is 1.79. The summed E-state index contributed by atoms with van der Waals surface area (Å²) in [6.45, 7) is 0. The number of rotatable bonds is 1. The van der Waals surface area contributed by atoms with Crippen LogP contribution >= 0.6 is 19.2 Å². The van der Waals surface area contributed by atoms with Crippen LogP contribution in [0.25, 0.3) is 32.3 Å². The van der Waals surface area contributed by atoms with Gasteiger partial charge in [-0.15, -0.1) is 0 Å². The number of halogens is 1. The molecule has 1 atom stereocenters. The lowest BCUT2D eigenvalue weighted by atomic mass is 9.98. The predicted molar refractivity (Wildman–Crippen MR) is 92.8 cm³/mol. The fourth-order valence-corrected chi connectivity index (χ4v) is 3.50. The molecular weight excluding hydrogens is 283 g/mol. The minimum Gasteiger partial charge on any atom is -0.0948 e. The normalized spacial score (nSPS) is 12.1. The van der Waals surface area contributed by atoms with E-state index in [4.69, 9.17) is 11.2 Å². The van der Waals surface area contributed by atoms with Crippen LogP contribution in [-0.4, -0.2) is 0 Å². The van der Waals surface area contributed by atoms with Crippen molar-refractivity contribution in [2.24, 2.45) is 0 Å². The Morgan fingerprint density at radius 2 is 1.25 bits per heavy atom. The first-order valence-corrected chi connectivity index (χ1v) is 8.58. The van der Waals surface area contributed by atoms with E-state index in [0.29, 0.717) is 7.93 Å². The molecule has 0 aromatic heterocycles. The standard InChI is InChI=1S/C18H12ClP/c19-20-16-8-7-12-5-6-15-9-13-3-1-2-4-14(13)10-17(15)18(12)11-16/h1-11,20H. The molecule has 0 aliphatic carbocycles. The van der Waals surface area contributed by atoms with Crippen molar-refractivity contribution in [3.05, 3.63) is 66.7 Å². The summed E-state index contributed by atoms with van der Waals surface area (Å²) in [5.74, 6) is 0. The third-order valence-electron chi connectivity index (χ3n) is 3.81. The summed E-state index contributed by atoms with van der Waals surface area (Å²) in [7, 11) is 0.318. The highest BCUT2D eigenvalue weighted by molar-refractivity contribution is 7.74. The first kappa shape index (κ1) is 12.1. The zero-order valence-corrected chi connectivity index (χ0v) is 12.5. The molecule has 0 amide bonds. The van der Waals surface area contributed by atoms with E-state index >= 15 is 0 Å². The van der Waals surface area contributed by atoms with Gasteiger partial charge in [-0.1, -0.05) is 59.8 Å². The lowest BCUT2D eigenvalue weighted by Gasteiger charge is -2.07. The minimum atomic E-state index is 0.318. The quantitative estimate of drug-likeness (QED) is 0.243. The van der Waals surface area contributed by atoms with Crippen molar-refractivity contribution >= 4 is 56.8 Å². The molecule has 0 fully saturated rings. The van der Waals surface area contributed by atoms with E-state index in [9.17, 15) is 0 Å². The Morgan fingerprint density at radius 3 is 2.05 bits per heavy atom. The van der Waals surface area contributed by atoms with E-state index < -0.39 is 0 Å². The van der Waals surface area contributed by atoms with Crippen molar-refractivity contribution in [1.82, 2.24) is 0 Å². The maximum Gasteiger partial charge on any atom is 0.00662 e. The zero-order valence-electron chi connectivity index (χ0n) is 10.7. The number of fused-ring (bicyclic) bond motifs is 4. The van der Waals surface area contributed by atoms with Gasteiger partial charge in [-0.2, -0.15) is 0 Å². The topological polar surface area (TPSA) is 0 Å². The Kier molecular flexibility index (Phi) is 2.88. The second-order valence-corrected chi connectivity index (χ2v) is 6.35. The van der Waals surface area contributed by atoms with Crippen LogP contribution in [0, 0.1) is 0 Å². The van der Waals surface area contributed by atoms with Crippen LogP contribution in [0.2, 0.25) is 0 Å². The fraction of sp³-hybridized carbons (Fsp3) is 0. The van der Waals surface area contributed by atoms with Crippen molar-refractivity contribution < 1.29 is 0 Å². The maximum atomic E-state index is 6.00. The molecular formula is C18H12ClP.